The van der Waals surface area contributed by atoms with Crippen molar-refractivity contribution >= 4 is 35.1 Å². The topological polar surface area (TPSA) is 70.0 Å². The molecule has 0 aliphatic carbocycles. The number of nitriles is 1. The van der Waals surface area contributed by atoms with Crippen LogP contribution in [0.1, 0.15) is 40.1 Å². The largest absolute Gasteiger partial charge is 0.342 e. The van der Waals surface area contributed by atoms with Crippen LogP contribution in [0.2, 0.25) is 5.02 Å². The predicted octanol–water partition coefficient (Wildman–Crippen LogP) is 4.57. The third-order valence-electron chi connectivity index (χ3n) is 3.95. The standard InChI is InChI=1S/C20H19ClN2O2S/c1-12(2)18(19(24)14-6-4-13(11-22)5-7-14)23-20(25)16-10-15(26-3)8-9-17(16)21/h4-10,12,18H,1-3H3,(H,23,25). The zero-order valence-corrected chi connectivity index (χ0v) is 16.3. The van der Waals surface area contributed by atoms with Crippen molar-refractivity contribution in [1.29, 1.82) is 5.26 Å². The van der Waals surface area contributed by atoms with E-state index in [1.54, 1.807) is 36.4 Å². The second-order valence-corrected chi connectivity index (χ2v) is 7.38. The van der Waals surface area contributed by atoms with E-state index in [2.05, 4.69) is 5.32 Å². The monoisotopic (exact) mass is 386 g/mol. The van der Waals surface area contributed by atoms with Gasteiger partial charge in [-0.3, -0.25) is 9.59 Å². The van der Waals surface area contributed by atoms with E-state index in [1.165, 1.54) is 11.8 Å². The molecule has 0 radical (unpaired) electrons. The quantitative estimate of drug-likeness (QED) is 0.583. The van der Waals surface area contributed by atoms with Crippen LogP contribution in [0.4, 0.5) is 0 Å². The van der Waals surface area contributed by atoms with Crippen LogP contribution in [-0.4, -0.2) is 24.0 Å². The molecule has 0 spiro atoms. The zero-order valence-electron chi connectivity index (χ0n) is 14.7. The fraction of sp³-hybridized carbons (Fsp3) is 0.250. The van der Waals surface area contributed by atoms with Crippen LogP contribution in [0.25, 0.3) is 0 Å². The summed E-state index contributed by atoms with van der Waals surface area (Å²) in [5.41, 5.74) is 1.27. The number of benzene rings is 2. The SMILES string of the molecule is CSc1ccc(Cl)c(C(=O)NC(C(=O)c2ccc(C#N)cc2)C(C)C)c1. The average Bonchev–Trinajstić information content (AvgIpc) is 2.65. The van der Waals surface area contributed by atoms with Gasteiger partial charge in [0.15, 0.2) is 5.78 Å². The Morgan fingerprint density at radius 1 is 1.15 bits per heavy atom. The minimum Gasteiger partial charge on any atom is -0.342 e. The lowest BCUT2D eigenvalue weighted by Crippen LogP contribution is -2.44. The molecule has 0 saturated heterocycles. The number of hydrogen-bond acceptors (Lipinski definition) is 4. The van der Waals surface area contributed by atoms with Crippen molar-refractivity contribution in [2.24, 2.45) is 5.92 Å². The molecular weight excluding hydrogens is 368 g/mol. The van der Waals surface area contributed by atoms with Crippen LogP contribution >= 0.6 is 23.4 Å². The van der Waals surface area contributed by atoms with E-state index >= 15 is 0 Å². The number of ketones is 1. The van der Waals surface area contributed by atoms with Crippen molar-refractivity contribution in [3.05, 3.63) is 64.2 Å². The highest BCUT2D eigenvalue weighted by atomic mass is 35.5. The Morgan fingerprint density at radius 3 is 2.35 bits per heavy atom. The first kappa shape index (κ1) is 20.0. The molecule has 0 saturated carbocycles. The van der Waals surface area contributed by atoms with Crippen LogP contribution in [0, 0.1) is 17.2 Å². The number of hydrogen-bond donors (Lipinski definition) is 1. The van der Waals surface area contributed by atoms with Crippen molar-refractivity contribution in [3.63, 3.8) is 0 Å². The maximum atomic E-state index is 12.8. The van der Waals surface area contributed by atoms with Crippen LogP contribution < -0.4 is 5.32 Å². The Labute approximate surface area is 162 Å². The fourth-order valence-electron chi connectivity index (χ4n) is 2.45. The molecule has 0 aliphatic heterocycles. The number of amides is 1. The van der Waals surface area contributed by atoms with Crippen LogP contribution in [-0.2, 0) is 0 Å². The summed E-state index contributed by atoms with van der Waals surface area (Å²) >= 11 is 7.66. The van der Waals surface area contributed by atoms with Gasteiger partial charge in [0.2, 0.25) is 0 Å². The molecule has 0 fully saturated rings. The Kier molecular flexibility index (Phi) is 6.84. The van der Waals surface area contributed by atoms with Gasteiger partial charge in [0, 0.05) is 10.5 Å². The Bertz CT molecular complexity index is 857. The van der Waals surface area contributed by atoms with Crippen LogP contribution in [0.5, 0.6) is 0 Å². The summed E-state index contributed by atoms with van der Waals surface area (Å²) in [5, 5.41) is 12.0. The van der Waals surface area contributed by atoms with E-state index in [1.807, 2.05) is 32.2 Å². The number of nitrogens with one attached hydrogen (secondary N) is 1. The van der Waals surface area contributed by atoms with Gasteiger partial charge in [0.1, 0.15) is 0 Å². The Morgan fingerprint density at radius 2 is 1.81 bits per heavy atom. The molecule has 1 atom stereocenters. The van der Waals surface area contributed by atoms with Gasteiger partial charge in [-0.15, -0.1) is 11.8 Å². The summed E-state index contributed by atoms with van der Waals surface area (Å²) in [5.74, 6) is -0.689. The van der Waals surface area contributed by atoms with Crippen molar-refractivity contribution in [2.45, 2.75) is 24.8 Å². The number of rotatable bonds is 6. The number of carbonyl (C=O) groups excluding carboxylic acids is 2. The number of carbonyl (C=O) groups is 2. The molecule has 134 valence electrons. The van der Waals surface area contributed by atoms with E-state index in [-0.39, 0.29) is 17.6 Å². The Balaban J connectivity index is 2.26. The summed E-state index contributed by atoms with van der Waals surface area (Å²) in [6, 6.07) is 12.9. The molecule has 1 amide bonds. The maximum absolute atomic E-state index is 12.8. The molecule has 0 aliphatic rings. The molecule has 2 rings (SSSR count). The maximum Gasteiger partial charge on any atom is 0.253 e. The number of halogens is 1. The molecule has 2 aromatic carbocycles. The second-order valence-electron chi connectivity index (χ2n) is 6.09. The summed E-state index contributed by atoms with van der Waals surface area (Å²) in [6.45, 7) is 3.73. The third kappa shape index (κ3) is 4.66. The number of nitrogens with zero attached hydrogens (tertiary/aromatic N) is 1. The summed E-state index contributed by atoms with van der Waals surface area (Å²) < 4.78 is 0. The van der Waals surface area contributed by atoms with Gasteiger partial charge in [0.05, 0.1) is 28.3 Å². The van der Waals surface area contributed by atoms with Crippen LogP contribution in [0.15, 0.2) is 47.4 Å². The molecule has 2 aromatic rings. The molecule has 4 nitrogen and oxygen atoms in total. The molecule has 1 unspecified atom stereocenters. The zero-order chi connectivity index (χ0) is 19.3. The van der Waals surface area contributed by atoms with Gasteiger partial charge >= 0.3 is 0 Å². The van der Waals surface area contributed by atoms with Gasteiger partial charge in [-0.2, -0.15) is 5.26 Å². The lowest BCUT2D eigenvalue weighted by molar-refractivity contribution is 0.0831. The van der Waals surface area contributed by atoms with E-state index in [0.717, 1.165) is 4.90 Å². The summed E-state index contributed by atoms with van der Waals surface area (Å²) in [7, 11) is 0. The first-order chi connectivity index (χ1) is 12.4. The summed E-state index contributed by atoms with van der Waals surface area (Å²) in [6.07, 6.45) is 1.91. The van der Waals surface area contributed by atoms with Crippen molar-refractivity contribution in [1.82, 2.24) is 5.32 Å². The molecule has 6 heteroatoms. The van der Waals surface area contributed by atoms with E-state index in [9.17, 15) is 9.59 Å². The van der Waals surface area contributed by atoms with E-state index < -0.39 is 6.04 Å². The van der Waals surface area contributed by atoms with Crippen molar-refractivity contribution in [2.75, 3.05) is 6.26 Å². The summed E-state index contributed by atoms with van der Waals surface area (Å²) in [4.78, 5) is 26.4. The molecule has 26 heavy (non-hydrogen) atoms. The fourth-order valence-corrected chi connectivity index (χ4v) is 3.09. The lowest BCUT2D eigenvalue weighted by Gasteiger charge is -2.22. The average molecular weight is 387 g/mol. The van der Waals surface area contributed by atoms with Gasteiger partial charge in [-0.25, -0.2) is 0 Å². The number of thioether (sulfide) groups is 1. The highest BCUT2D eigenvalue weighted by Crippen LogP contribution is 2.23. The Hall–Kier alpha value is -2.29. The van der Waals surface area contributed by atoms with Gasteiger partial charge in [0.25, 0.3) is 5.91 Å². The molecular formula is C20H19ClN2O2S. The van der Waals surface area contributed by atoms with Gasteiger partial charge in [-0.1, -0.05) is 37.6 Å². The molecule has 1 N–H and O–H groups in total. The first-order valence-corrected chi connectivity index (χ1v) is 9.66. The minimum atomic E-state index is -0.690. The van der Waals surface area contributed by atoms with E-state index in [4.69, 9.17) is 16.9 Å². The lowest BCUT2D eigenvalue weighted by atomic mass is 9.94. The van der Waals surface area contributed by atoms with E-state index in [0.29, 0.717) is 21.7 Å². The number of Topliss-reactive ketones (excluding diaryl/α,β-unsaturated/α-hetero) is 1. The predicted molar refractivity (Wildman–Crippen MR) is 105 cm³/mol. The highest BCUT2D eigenvalue weighted by Gasteiger charge is 2.26. The molecule has 0 bridgehead atoms. The minimum absolute atomic E-state index is 0.107. The van der Waals surface area contributed by atoms with Crippen molar-refractivity contribution in [3.8, 4) is 6.07 Å². The third-order valence-corrected chi connectivity index (χ3v) is 5.01. The highest BCUT2D eigenvalue weighted by molar-refractivity contribution is 7.98. The normalized spacial score (nSPS) is 11.7. The van der Waals surface area contributed by atoms with Crippen molar-refractivity contribution < 1.29 is 9.59 Å². The molecule has 0 aromatic heterocycles. The smallest absolute Gasteiger partial charge is 0.253 e. The van der Waals surface area contributed by atoms with Crippen LogP contribution in [0.3, 0.4) is 0 Å². The molecule has 0 heterocycles. The first-order valence-electron chi connectivity index (χ1n) is 8.06. The van der Waals surface area contributed by atoms with Gasteiger partial charge < -0.3 is 5.32 Å². The van der Waals surface area contributed by atoms with Gasteiger partial charge in [-0.05, 0) is 42.5 Å². The second kappa shape index (κ2) is 8.88.